The first kappa shape index (κ1) is 15.9. The molecule has 0 radical (unpaired) electrons. The summed E-state index contributed by atoms with van der Waals surface area (Å²) in [5, 5.41) is 3.39. The van der Waals surface area contributed by atoms with Crippen LogP contribution < -0.4 is 5.32 Å². The van der Waals surface area contributed by atoms with Crippen LogP contribution in [-0.4, -0.2) is 36.0 Å². The van der Waals surface area contributed by atoms with E-state index in [1.165, 1.54) is 6.07 Å². The van der Waals surface area contributed by atoms with Crippen LogP contribution in [0.25, 0.3) is 0 Å². The maximum atomic E-state index is 13.1. The van der Waals surface area contributed by atoms with Gasteiger partial charge in [-0.1, -0.05) is 6.07 Å². The van der Waals surface area contributed by atoms with Crippen molar-refractivity contribution in [3.05, 3.63) is 35.4 Å². The second-order valence-corrected chi connectivity index (χ2v) is 5.87. The summed E-state index contributed by atoms with van der Waals surface area (Å²) < 4.78 is 25.9. The highest BCUT2D eigenvalue weighted by Gasteiger charge is 2.24. The van der Waals surface area contributed by atoms with Crippen LogP contribution >= 0.6 is 0 Å². The minimum absolute atomic E-state index is 0.137. The lowest BCUT2D eigenvalue weighted by Crippen LogP contribution is -2.55. The first-order valence-electron chi connectivity index (χ1n) is 7.43. The van der Waals surface area contributed by atoms with Crippen molar-refractivity contribution in [3.63, 3.8) is 0 Å². The van der Waals surface area contributed by atoms with E-state index in [0.717, 1.165) is 24.7 Å². The summed E-state index contributed by atoms with van der Waals surface area (Å²) in [6, 6.07) is 4.52. The molecular formula is C16H22F2N2O. The van der Waals surface area contributed by atoms with Crippen molar-refractivity contribution in [1.29, 1.82) is 0 Å². The summed E-state index contributed by atoms with van der Waals surface area (Å²) >= 11 is 0. The molecule has 1 fully saturated rings. The number of aryl methyl sites for hydroxylation is 1. The third-order valence-corrected chi connectivity index (χ3v) is 3.75. The first-order chi connectivity index (χ1) is 9.95. The van der Waals surface area contributed by atoms with E-state index in [1.807, 2.05) is 4.90 Å². The smallest absolute Gasteiger partial charge is 0.222 e. The highest BCUT2D eigenvalue weighted by atomic mass is 19.2. The fraction of sp³-hybridized carbons (Fsp3) is 0.562. The number of carbonyl (C=O) groups excluding carboxylic acids is 1. The summed E-state index contributed by atoms with van der Waals surface area (Å²) in [6.07, 6.45) is 1.68. The van der Waals surface area contributed by atoms with Gasteiger partial charge in [0.15, 0.2) is 11.6 Å². The van der Waals surface area contributed by atoms with Gasteiger partial charge >= 0.3 is 0 Å². The van der Waals surface area contributed by atoms with Crippen molar-refractivity contribution < 1.29 is 13.6 Å². The first-order valence-corrected chi connectivity index (χ1v) is 7.43. The molecule has 0 saturated carbocycles. The zero-order valence-corrected chi connectivity index (χ0v) is 12.5. The Balaban J connectivity index is 1.80. The molecule has 0 aliphatic carbocycles. The zero-order chi connectivity index (χ0) is 15.4. The number of nitrogens with zero attached hydrogens (tertiary/aromatic N) is 1. The van der Waals surface area contributed by atoms with Gasteiger partial charge in [-0.2, -0.15) is 0 Å². The molecule has 1 saturated heterocycles. The van der Waals surface area contributed by atoms with Crippen LogP contribution in [0, 0.1) is 11.6 Å². The highest BCUT2D eigenvalue weighted by molar-refractivity contribution is 5.76. The number of benzene rings is 1. The molecule has 1 N–H and O–H groups in total. The largest absolute Gasteiger partial charge is 0.340 e. The van der Waals surface area contributed by atoms with E-state index in [9.17, 15) is 13.6 Å². The van der Waals surface area contributed by atoms with Crippen LogP contribution in [0.1, 0.15) is 32.3 Å². The molecule has 3 nitrogen and oxygen atoms in total. The molecule has 0 unspecified atom stereocenters. The maximum absolute atomic E-state index is 13.1. The van der Waals surface area contributed by atoms with Crippen molar-refractivity contribution in [3.8, 4) is 0 Å². The van der Waals surface area contributed by atoms with Crippen LogP contribution in [-0.2, 0) is 11.2 Å². The SMILES string of the molecule is C[C@@H]1CN(C(=O)CCCc2ccc(F)c(F)c2)C[C@@H](C)N1. The topological polar surface area (TPSA) is 32.3 Å². The average Bonchev–Trinajstić information content (AvgIpc) is 2.41. The monoisotopic (exact) mass is 296 g/mol. The fourth-order valence-electron chi connectivity index (χ4n) is 2.83. The van der Waals surface area contributed by atoms with E-state index in [1.54, 1.807) is 6.07 Å². The van der Waals surface area contributed by atoms with Crippen LogP contribution in [0.3, 0.4) is 0 Å². The lowest BCUT2D eigenvalue weighted by Gasteiger charge is -2.36. The molecular weight excluding hydrogens is 274 g/mol. The summed E-state index contributed by atoms with van der Waals surface area (Å²) in [6.45, 7) is 5.59. The summed E-state index contributed by atoms with van der Waals surface area (Å²) in [7, 11) is 0. The molecule has 1 amide bonds. The predicted molar refractivity (Wildman–Crippen MR) is 77.9 cm³/mol. The van der Waals surface area contributed by atoms with Gasteiger partial charge in [0, 0.05) is 31.6 Å². The van der Waals surface area contributed by atoms with Gasteiger partial charge in [-0.15, -0.1) is 0 Å². The van der Waals surface area contributed by atoms with E-state index in [-0.39, 0.29) is 5.91 Å². The summed E-state index contributed by atoms with van der Waals surface area (Å²) in [5.74, 6) is -1.53. The molecule has 0 bridgehead atoms. The Labute approximate surface area is 124 Å². The van der Waals surface area contributed by atoms with Gasteiger partial charge in [0.1, 0.15) is 0 Å². The summed E-state index contributed by atoms with van der Waals surface area (Å²) in [5.41, 5.74) is 0.726. The van der Waals surface area contributed by atoms with Gasteiger partial charge in [0.05, 0.1) is 0 Å². The van der Waals surface area contributed by atoms with Crippen molar-refractivity contribution in [2.75, 3.05) is 13.1 Å². The quantitative estimate of drug-likeness (QED) is 0.926. The predicted octanol–water partition coefficient (Wildman–Crippen LogP) is 2.50. The number of hydrogen-bond donors (Lipinski definition) is 1. The molecule has 1 aliphatic heterocycles. The molecule has 1 aromatic rings. The molecule has 2 atom stereocenters. The molecule has 5 heteroatoms. The number of piperazine rings is 1. The number of hydrogen-bond acceptors (Lipinski definition) is 2. The summed E-state index contributed by atoms with van der Waals surface area (Å²) in [4.78, 5) is 14.1. The number of halogens is 2. The molecule has 2 rings (SSSR count). The van der Waals surface area contributed by atoms with E-state index < -0.39 is 11.6 Å². The standard InChI is InChI=1S/C16H22F2N2O/c1-11-9-20(10-12(2)19-11)16(21)5-3-4-13-6-7-14(17)15(18)8-13/h6-8,11-12,19H,3-5,9-10H2,1-2H3/t11-,12-/m1/s1. The van der Waals surface area contributed by atoms with Crippen molar-refractivity contribution >= 4 is 5.91 Å². The van der Waals surface area contributed by atoms with Crippen LogP contribution in [0.5, 0.6) is 0 Å². The van der Waals surface area contributed by atoms with Crippen molar-refractivity contribution in [2.45, 2.75) is 45.2 Å². The maximum Gasteiger partial charge on any atom is 0.222 e. The van der Waals surface area contributed by atoms with E-state index in [4.69, 9.17) is 0 Å². The van der Waals surface area contributed by atoms with Crippen molar-refractivity contribution in [1.82, 2.24) is 10.2 Å². The molecule has 0 aromatic heterocycles. The van der Waals surface area contributed by atoms with Crippen LogP contribution in [0.4, 0.5) is 8.78 Å². The Kier molecular flexibility index (Phi) is 5.28. The van der Waals surface area contributed by atoms with Gasteiger partial charge in [-0.25, -0.2) is 8.78 Å². The van der Waals surface area contributed by atoms with E-state index >= 15 is 0 Å². The lowest BCUT2D eigenvalue weighted by atomic mass is 10.1. The third-order valence-electron chi connectivity index (χ3n) is 3.75. The molecule has 116 valence electrons. The molecule has 0 spiro atoms. The van der Waals surface area contributed by atoms with Gasteiger partial charge in [-0.05, 0) is 44.4 Å². The number of nitrogens with one attached hydrogen (secondary N) is 1. The number of amides is 1. The zero-order valence-electron chi connectivity index (χ0n) is 12.5. The fourth-order valence-corrected chi connectivity index (χ4v) is 2.83. The van der Waals surface area contributed by atoms with Crippen LogP contribution in [0.15, 0.2) is 18.2 Å². The number of rotatable bonds is 4. The van der Waals surface area contributed by atoms with Crippen LogP contribution in [0.2, 0.25) is 0 Å². The Morgan fingerprint density at radius 1 is 1.24 bits per heavy atom. The normalized spacial score (nSPS) is 22.4. The Morgan fingerprint density at radius 2 is 1.90 bits per heavy atom. The van der Waals surface area contributed by atoms with E-state index in [2.05, 4.69) is 19.2 Å². The average molecular weight is 296 g/mol. The van der Waals surface area contributed by atoms with Crippen molar-refractivity contribution in [2.24, 2.45) is 0 Å². The van der Waals surface area contributed by atoms with Gasteiger partial charge in [-0.3, -0.25) is 4.79 Å². The van der Waals surface area contributed by atoms with E-state index in [0.29, 0.717) is 31.3 Å². The second kappa shape index (κ2) is 6.98. The molecule has 21 heavy (non-hydrogen) atoms. The highest BCUT2D eigenvalue weighted by Crippen LogP contribution is 2.13. The minimum Gasteiger partial charge on any atom is -0.340 e. The lowest BCUT2D eigenvalue weighted by molar-refractivity contribution is -0.133. The minimum atomic E-state index is -0.835. The Morgan fingerprint density at radius 3 is 2.52 bits per heavy atom. The Hall–Kier alpha value is -1.49. The molecule has 1 heterocycles. The van der Waals surface area contributed by atoms with Gasteiger partial charge in [0.25, 0.3) is 0 Å². The Bertz CT molecular complexity index is 497. The third kappa shape index (κ3) is 4.49. The van der Waals surface area contributed by atoms with Gasteiger partial charge < -0.3 is 10.2 Å². The van der Waals surface area contributed by atoms with Gasteiger partial charge in [0.2, 0.25) is 5.91 Å². The number of carbonyl (C=O) groups is 1. The molecule has 1 aromatic carbocycles. The second-order valence-electron chi connectivity index (χ2n) is 5.87. The molecule has 1 aliphatic rings.